The zero-order valence-electron chi connectivity index (χ0n) is 10.6. The van der Waals surface area contributed by atoms with Gasteiger partial charge in [0, 0.05) is 18.8 Å². The van der Waals surface area contributed by atoms with Gasteiger partial charge in [-0.05, 0) is 33.6 Å². The van der Waals surface area contributed by atoms with Gasteiger partial charge in [0.1, 0.15) is 0 Å². The Bertz CT molecular complexity index is 559. The lowest BCUT2D eigenvalue weighted by molar-refractivity contribution is 0.173. The molecule has 1 aliphatic rings. The van der Waals surface area contributed by atoms with Crippen molar-refractivity contribution < 1.29 is 17.9 Å². The number of hydrogen-bond acceptors (Lipinski definition) is 5. The Labute approximate surface area is 121 Å². The van der Waals surface area contributed by atoms with Crippen LogP contribution in [-0.2, 0) is 16.4 Å². The van der Waals surface area contributed by atoms with Crippen LogP contribution in [0.25, 0.3) is 0 Å². The lowest BCUT2D eigenvalue weighted by Gasteiger charge is -2.07. The number of hydrogen-bond donors (Lipinski definition) is 1. The SMILES string of the molecule is CCS(=O)(=O)CCNCc1cc(Br)c2c(c1)OCO2. The van der Waals surface area contributed by atoms with Gasteiger partial charge >= 0.3 is 0 Å². The van der Waals surface area contributed by atoms with E-state index in [1.54, 1.807) is 6.92 Å². The second kappa shape index (κ2) is 6.11. The van der Waals surface area contributed by atoms with Gasteiger partial charge in [-0.25, -0.2) is 8.42 Å². The van der Waals surface area contributed by atoms with Crippen molar-refractivity contribution in [2.45, 2.75) is 13.5 Å². The summed E-state index contributed by atoms with van der Waals surface area (Å²) < 4.78 is 34.1. The molecule has 1 aromatic carbocycles. The third-order valence-corrected chi connectivity index (χ3v) is 5.14. The monoisotopic (exact) mass is 349 g/mol. The van der Waals surface area contributed by atoms with Crippen LogP contribution >= 0.6 is 15.9 Å². The van der Waals surface area contributed by atoms with Crippen molar-refractivity contribution in [3.63, 3.8) is 0 Å². The van der Waals surface area contributed by atoms with Crippen LogP contribution in [0.4, 0.5) is 0 Å². The molecule has 106 valence electrons. The van der Waals surface area contributed by atoms with Crippen LogP contribution in [-0.4, -0.2) is 33.3 Å². The first-order valence-corrected chi connectivity index (χ1v) is 8.62. The highest BCUT2D eigenvalue weighted by Crippen LogP contribution is 2.39. The largest absolute Gasteiger partial charge is 0.454 e. The molecule has 0 saturated heterocycles. The lowest BCUT2D eigenvalue weighted by atomic mass is 10.2. The van der Waals surface area contributed by atoms with Gasteiger partial charge in [-0.3, -0.25) is 0 Å². The standard InChI is InChI=1S/C12H16BrNO4S/c1-2-19(15,16)4-3-14-7-9-5-10(13)12-11(6-9)17-8-18-12/h5-6,14H,2-4,7-8H2,1H3. The quantitative estimate of drug-likeness (QED) is 0.792. The Morgan fingerprint density at radius 1 is 1.37 bits per heavy atom. The van der Waals surface area contributed by atoms with E-state index in [0.29, 0.717) is 18.8 Å². The van der Waals surface area contributed by atoms with E-state index >= 15 is 0 Å². The van der Waals surface area contributed by atoms with Gasteiger partial charge in [0.2, 0.25) is 6.79 Å². The fraction of sp³-hybridized carbons (Fsp3) is 0.500. The molecule has 0 atom stereocenters. The van der Waals surface area contributed by atoms with E-state index in [4.69, 9.17) is 9.47 Å². The molecule has 0 bridgehead atoms. The Kier molecular flexibility index (Phi) is 4.70. The van der Waals surface area contributed by atoms with Crippen molar-refractivity contribution in [3.05, 3.63) is 22.2 Å². The molecule has 19 heavy (non-hydrogen) atoms. The molecule has 2 rings (SSSR count). The van der Waals surface area contributed by atoms with Gasteiger partial charge in [-0.1, -0.05) is 6.92 Å². The Morgan fingerprint density at radius 3 is 2.89 bits per heavy atom. The number of halogens is 1. The van der Waals surface area contributed by atoms with Gasteiger partial charge in [-0.2, -0.15) is 0 Å². The first-order valence-electron chi connectivity index (χ1n) is 6.01. The molecule has 0 spiro atoms. The van der Waals surface area contributed by atoms with Crippen LogP contribution < -0.4 is 14.8 Å². The molecule has 0 saturated carbocycles. The number of sulfone groups is 1. The van der Waals surface area contributed by atoms with Gasteiger partial charge in [-0.15, -0.1) is 0 Å². The molecule has 0 unspecified atom stereocenters. The van der Waals surface area contributed by atoms with E-state index < -0.39 is 9.84 Å². The number of benzene rings is 1. The summed E-state index contributed by atoms with van der Waals surface area (Å²) in [6.45, 7) is 2.93. The highest BCUT2D eigenvalue weighted by Gasteiger charge is 2.17. The molecule has 0 amide bonds. The third kappa shape index (κ3) is 3.84. The summed E-state index contributed by atoms with van der Waals surface area (Å²) in [7, 11) is -2.91. The van der Waals surface area contributed by atoms with E-state index in [-0.39, 0.29) is 18.3 Å². The van der Waals surface area contributed by atoms with Gasteiger partial charge in [0.05, 0.1) is 10.2 Å². The van der Waals surface area contributed by atoms with E-state index in [1.807, 2.05) is 12.1 Å². The van der Waals surface area contributed by atoms with Crippen molar-refractivity contribution in [1.82, 2.24) is 5.32 Å². The summed E-state index contributed by atoms with van der Waals surface area (Å²) in [5.41, 5.74) is 1.02. The van der Waals surface area contributed by atoms with Crippen LogP contribution in [0, 0.1) is 0 Å². The zero-order chi connectivity index (χ0) is 13.9. The van der Waals surface area contributed by atoms with Crippen molar-refractivity contribution in [2.75, 3.05) is 24.8 Å². The Hall–Kier alpha value is -0.790. The van der Waals surface area contributed by atoms with Crippen molar-refractivity contribution in [1.29, 1.82) is 0 Å². The molecule has 0 aliphatic carbocycles. The second-order valence-electron chi connectivity index (χ2n) is 4.22. The number of fused-ring (bicyclic) bond motifs is 1. The van der Waals surface area contributed by atoms with E-state index in [2.05, 4.69) is 21.2 Å². The predicted molar refractivity (Wildman–Crippen MR) is 76.3 cm³/mol. The molecule has 5 nitrogen and oxygen atoms in total. The summed E-state index contributed by atoms with van der Waals surface area (Å²) >= 11 is 3.42. The fourth-order valence-corrected chi connectivity index (χ4v) is 3.08. The van der Waals surface area contributed by atoms with Crippen LogP contribution in [0.1, 0.15) is 12.5 Å². The summed E-state index contributed by atoms with van der Waals surface area (Å²) in [5, 5.41) is 3.11. The Morgan fingerprint density at radius 2 is 2.16 bits per heavy atom. The molecule has 7 heteroatoms. The van der Waals surface area contributed by atoms with Gasteiger partial charge < -0.3 is 14.8 Å². The minimum absolute atomic E-state index is 0.162. The predicted octanol–water partition coefficient (Wildman–Crippen LogP) is 1.70. The molecule has 0 radical (unpaired) electrons. The number of nitrogens with one attached hydrogen (secondary N) is 1. The molecule has 1 N–H and O–H groups in total. The molecule has 0 fully saturated rings. The minimum Gasteiger partial charge on any atom is -0.454 e. The van der Waals surface area contributed by atoms with Crippen molar-refractivity contribution in [2.24, 2.45) is 0 Å². The molecular weight excluding hydrogens is 334 g/mol. The van der Waals surface area contributed by atoms with Gasteiger partial charge in [0.15, 0.2) is 21.3 Å². The smallest absolute Gasteiger partial charge is 0.231 e. The Balaban J connectivity index is 1.89. The minimum atomic E-state index is -2.91. The topological polar surface area (TPSA) is 64.6 Å². The summed E-state index contributed by atoms with van der Waals surface area (Å²) in [4.78, 5) is 0. The zero-order valence-corrected chi connectivity index (χ0v) is 13.0. The van der Waals surface area contributed by atoms with E-state index in [0.717, 1.165) is 15.8 Å². The second-order valence-corrected chi connectivity index (χ2v) is 7.55. The highest BCUT2D eigenvalue weighted by atomic mass is 79.9. The third-order valence-electron chi connectivity index (χ3n) is 2.85. The maximum absolute atomic E-state index is 11.3. The van der Waals surface area contributed by atoms with Gasteiger partial charge in [0.25, 0.3) is 0 Å². The lowest BCUT2D eigenvalue weighted by Crippen LogP contribution is -2.23. The van der Waals surface area contributed by atoms with Crippen LogP contribution in [0.2, 0.25) is 0 Å². The van der Waals surface area contributed by atoms with E-state index in [1.165, 1.54) is 0 Å². The summed E-state index contributed by atoms with van der Waals surface area (Å²) in [6, 6.07) is 3.84. The van der Waals surface area contributed by atoms with Crippen molar-refractivity contribution >= 4 is 25.8 Å². The molecule has 1 heterocycles. The van der Waals surface area contributed by atoms with Crippen LogP contribution in [0.5, 0.6) is 11.5 Å². The molecule has 1 aliphatic heterocycles. The first-order chi connectivity index (χ1) is 9.02. The summed E-state index contributed by atoms with van der Waals surface area (Å²) in [5.74, 6) is 1.78. The normalized spacial score (nSPS) is 13.8. The summed E-state index contributed by atoms with van der Waals surface area (Å²) in [6.07, 6.45) is 0. The van der Waals surface area contributed by atoms with Crippen LogP contribution in [0.3, 0.4) is 0 Å². The van der Waals surface area contributed by atoms with E-state index in [9.17, 15) is 8.42 Å². The number of rotatable bonds is 6. The maximum Gasteiger partial charge on any atom is 0.231 e. The molecule has 1 aromatic rings. The fourth-order valence-electron chi connectivity index (χ4n) is 1.73. The number of ether oxygens (including phenoxy) is 2. The molecular formula is C12H16BrNO4S. The highest BCUT2D eigenvalue weighted by molar-refractivity contribution is 9.10. The van der Waals surface area contributed by atoms with Crippen LogP contribution in [0.15, 0.2) is 16.6 Å². The van der Waals surface area contributed by atoms with Crippen molar-refractivity contribution in [3.8, 4) is 11.5 Å². The molecule has 0 aromatic heterocycles. The average molecular weight is 350 g/mol. The maximum atomic E-state index is 11.3. The first kappa shape index (κ1) is 14.6. The average Bonchev–Trinajstić information content (AvgIpc) is 2.83.